The number of hydrogen-bond donors (Lipinski definition) is 0. The van der Waals surface area contributed by atoms with Crippen LogP contribution in [0.15, 0.2) is 200 Å². The third kappa shape index (κ3) is 5.22. The largest absolute Gasteiger partial charge is 0.310 e. The number of rotatable bonds is 6. The summed E-state index contributed by atoms with van der Waals surface area (Å²) >= 11 is 1.83. The van der Waals surface area contributed by atoms with Crippen molar-refractivity contribution in [1.29, 1.82) is 0 Å². The van der Waals surface area contributed by atoms with Gasteiger partial charge in [-0.2, -0.15) is 0 Å². The summed E-state index contributed by atoms with van der Waals surface area (Å²) in [4.78, 5) is 7.34. The Morgan fingerprint density at radius 2 is 1.13 bits per heavy atom. The Kier molecular flexibility index (Phi) is 7.35. The second-order valence-corrected chi connectivity index (χ2v) is 15.0. The number of hydrogen-bond acceptors (Lipinski definition) is 3. The van der Waals surface area contributed by atoms with E-state index in [9.17, 15) is 0 Å². The first kappa shape index (κ1) is 31.5. The van der Waals surface area contributed by atoms with Crippen LogP contribution in [0.4, 0.5) is 17.1 Å². The predicted molar refractivity (Wildman–Crippen MR) is 235 cm³/mol. The van der Waals surface area contributed by atoms with E-state index in [1.165, 1.54) is 69.6 Å². The summed E-state index contributed by atoms with van der Waals surface area (Å²) in [6.07, 6.45) is 2.00. The molecule has 0 N–H and O–H groups in total. The molecule has 11 rings (SSSR count). The molecule has 0 aliphatic heterocycles. The summed E-state index contributed by atoms with van der Waals surface area (Å²) in [5.74, 6) is 0. The van der Waals surface area contributed by atoms with Crippen molar-refractivity contribution in [2.45, 2.75) is 0 Å². The van der Waals surface area contributed by atoms with Crippen LogP contribution in [0.3, 0.4) is 0 Å². The van der Waals surface area contributed by atoms with Gasteiger partial charge in [-0.15, -0.1) is 11.3 Å². The molecular weight excluding hydrogens is 687 g/mol. The van der Waals surface area contributed by atoms with Gasteiger partial charge in [0.15, 0.2) is 0 Å². The van der Waals surface area contributed by atoms with Gasteiger partial charge < -0.3 is 9.47 Å². The van der Waals surface area contributed by atoms with E-state index in [-0.39, 0.29) is 0 Å². The highest BCUT2D eigenvalue weighted by molar-refractivity contribution is 7.26. The molecule has 11 aromatic rings. The molecule has 258 valence electrons. The van der Waals surface area contributed by atoms with Gasteiger partial charge in [-0.05, 0) is 83.4 Å². The highest BCUT2D eigenvalue weighted by atomic mass is 32.1. The fraction of sp³-hybridized carbons (Fsp3) is 0. The quantitative estimate of drug-likeness (QED) is 0.171. The van der Waals surface area contributed by atoms with Gasteiger partial charge in [-0.3, -0.25) is 4.98 Å². The van der Waals surface area contributed by atoms with Crippen LogP contribution in [0, 0.1) is 0 Å². The predicted octanol–water partition coefficient (Wildman–Crippen LogP) is 14.5. The highest BCUT2D eigenvalue weighted by Gasteiger charge is 2.20. The van der Waals surface area contributed by atoms with E-state index in [0.29, 0.717) is 0 Å². The molecular formula is C51H33N3S. The molecule has 0 saturated carbocycles. The third-order valence-electron chi connectivity index (χ3n) is 10.8. The van der Waals surface area contributed by atoms with Crippen molar-refractivity contribution in [1.82, 2.24) is 9.55 Å². The Morgan fingerprint density at radius 3 is 1.98 bits per heavy atom. The molecule has 3 nitrogen and oxygen atoms in total. The zero-order chi connectivity index (χ0) is 36.3. The maximum atomic E-state index is 4.93. The van der Waals surface area contributed by atoms with Crippen LogP contribution >= 0.6 is 11.3 Å². The van der Waals surface area contributed by atoms with Gasteiger partial charge >= 0.3 is 0 Å². The van der Waals surface area contributed by atoms with Crippen molar-refractivity contribution in [3.8, 4) is 27.9 Å². The number of thiophene rings is 1. The van der Waals surface area contributed by atoms with Crippen molar-refractivity contribution in [3.05, 3.63) is 200 Å². The van der Waals surface area contributed by atoms with Gasteiger partial charge in [0.05, 0.1) is 26.9 Å². The summed E-state index contributed by atoms with van der Waals surface area (Å²) in [6.45, 7) is 0. The minimum atomic E-state index is 1.07. The van der Waals surface area contributed by atoms with E-state index in [4.69, 9.17) is 4.98 Å². The number of benzene rings is 8. The summed E-state index contributed by atoms with van der Waals surface area (Å²) < 4.78 is 4.88. The minimum Gasteiger partial charge on any atom is -0.310 e. The molecule has 3 heterocycles. The van der Waals surface area contributed by atoms with Crippen LogP contribution in [0.2, 0.25) is 0 Å². The zero-order valence-corrected chi connectivity index (χ0v) is 30.6. The summed E-state index contributed by atoms with van der Waals surface area (Å²) in [7, 11) is 0. The first-order valence-corrected chi connectivity index (χ1v) is 19.4. The van der Waals surface area contributed by atoms with Crippen LogP contribution < -0.4 is 4.90 Å². The molecule has 0 unspecified atom stereocenters. The maximum absolute atomic E-state index is 4.93. The van der Waals surface area contributed by atoms with Crippen LogP contribution in [-0.4, -0.2) is 9.55 Å². The summed E-state index contributed by atoms with van der Waals surface area (Å²) in [6, 6.07) is 70.1. The number of nitrogens with zero attached hydrogens (tertiary/aromatic N) is 3. The fourth-order valence-electron chi connectivity index (χ4n) is 8.24. The minimum absolute atomic E-state index is 1.07. The molecule has 0 bridgehead atoms. The molecule has 55 heavy (non-hydrogen) atoms. The molecule has 0 saturated heterocycles. The zero-order valence-electron chi connectivity index (χ0n) is 29.8. The molecule has 0 spiro atoms. The van der Waals surface area contributed by atoms with Crippen molar-refractivity contribution in [3.63, 3.8) is 0 Å². The second-order valence-electron chi connectivity index (χ2n) is 14.0. The lowest BCUT2D eigenvalue weighted by atomic mass is 10.0. The van der Waals surface area contributed by atoms with Crippen LogP contribution in [0.5, 0.6) is 0 Å². The number of pyridine rings is 1. The fourth-order valence-corrected chi connectivity index (χ4v) is 9.42. The molecule has 3 aromatic heterocycles. The number of aromatic nitrogens is 2. The molecule has 0 radical (unpaired) electrons. The molecule has 0 fully saturated rings. The van der Waals surface area contributed by atoms with Crippen molar-refractivity contribution in [2.75, 3.05) is 4.90 Å². The van der Waals surface area contributed by atoms with E-state index < -0.39 is 0 Å². The van der Waals surface area contributed by atoms with E-state index in [1.807, 2.05) is 17.5 Å². The lowest BCUT2D eigenvalue weighted by Crippen LogP contribution is -2.11. The lowest BCUT2D eigenvalue weighted by molar-refractivity contribution is 1.18. The summed E-state index contributed by atoms with van der Waals surface area (Å²) in [5.41, 5.74) is 12.6. The number of anilines is 3. The van der Waals surface area contributed by atoms with E-state index in [2.05, 4.69) is 204 Å². The SMILES string of the molecule is c1ccc(-c2ccccc2N(c2ccc(-c3ccc4sc5c6ccccc6cnc5c4c3)cc2)c2ccc3c(c2)c2ccccc2n3-c2ccccc2)cc1. The topological polar surface area (TPSA) is 21.1 Å². The smallest absolute Gasteiger partial charge is 0.0895 e. The number of para-hydroxylation sites is 3. The van der Waals surface area contributed by atoms with Crippen molar-refractivity contribution < 1.29 is 0 Å². The standard InChI is InChI=1S/C51H33N3S/c1-3-13-35(14-4-1)41-18-9-11-21-46(41)53(40-28-29-48-44(32-40)43-20-10-12-22-47(43)54(48)38-16-5-2-6-17-38)39-26-23-34(24-27-39)36-25-30-49-45(31-36)50-51(55-49)42-19-8-7-15-37(42)33-52-50/h1-33H. The first-order chi connectivity index (χ1) is 27.3. The normalized spacial score (nSPS) is 11.6. The monoisotopic (exact) mass is 719 g/mol. The van der Waals surface area contributed by atoms with Gasteiger partial charge in [0.2, 0.25) is 0 Å². The Morgan fingerprint density at radius 1 is 0.455 bits per heavy atom. The van der Waals surface area contributed by atoms with Gasteiger partial charge in [0.1, 0.15) is 0 Å². The average Bonchev–Trinajstić information content (AvgIpc) is 3.80. The van der Waals surface area contributed by atoms with E-state index in [0.717, 1.165) is 28.3 Å². The summed E-state index contributed by atoms with van der Waals surface area (Å²) in [5, 5.41) is 6.09. The number of fused-ring (bicyclic) bond motifs is 8. The van der Waals surface area contributed by atoms with Gasteiger partial charge in [0, 0.05) is 60.5 Å². The Labute approximate surface area is 322 Å². The third-order valence-corrected chi connectivity index (χ3v) is 12.0. The molecule has 0 aliphatic rings. The molecule has 0 amide bonds. The van der Waals surface area contributed by atoms with Gasteiger partial charge in [-0.1, -0.05) is 127 Å². The average molecular weight is 720 g/mol. The van der Waals surface area contributed by atoms with Crippen LogP contribution in [0.25, 0.3) is 80.8 Å². The van der Waals surface area contributed by atoms with Crippen LogP contribution in [0.1, 0.15) is 0 Å². The van der Waals surface area contributed by atoms with Crippen molar-refractivity contribution >= 4 is 81.3 Å². The molecule has 4 heteroatoms. The molecule has 0 aliphatic carbocycles. The second kappa shape index (κ2) is 12.8. The van der Waals surface area contributed by atoms with Crippen LogP contribution in [-0.2, 0) is 0 Å². The lowest BCUT2D eigenvalue weighted by Gasteiger charge is -2.28. The van der Waals surface area contributed by atoms with E-state index >= 15 is 0 Å². The first-order valence-electron chi connectivity index (χ1n) is 18.6. The van der Waals surface area contributed by atoms with Crippen molar-refractivity contribution in [2.24, 2.45) is 0 Å². The Bertz CT molecular complexity index is 3200. The molecule has 0 atom stereocenters. The Balaban J connectivity index is 1.07. The van der Waals surface area contributed by atoms with Gasteiger partial charge in [-0.25, -0.2) is 0 Å². The molecule has 8 aromatic carbocycles. The highest BCUT2D eigenvalue weighted by Crippen LogP contribution is 2.44. The van der Waals surface area contributed by atoms with Gasteiger partial charge in [0.25, 0.3) is 0 Å². The maximum Gasteiger partial charge on any atom is 0.0895 e. The van der Waals surface area contributed by atoms with E-state index in [1.54, 1.807) is 0 Å². The Hall–Kier alpha value is -7.01.